The number of nitrogens with zero attached hydrogens (tertiary/aromatic N) is 4. The number of carbonyl (C=O) groups excluding carboxylic acids is 1. The number of hydrogen-bond donors (Lipinski definition) is 1. The van der Waals surface area contributed by atoms with Gasteiger partial charge in [-0.25, -0.2) is 0 Å². The van der Waals surface area contributed by atoms with Crippen molar-refractivity contribution in [2.75, 3.05) is 19.7 Å². The van der Waals surface area contributed by atoms with Crippen molar-refractivity contribution in [2.24, 2.45) is 5.92 Å². The van der Waals surface area contributed by atoms with Crippen molar-refractivity contribution in [2.45, 2.75) is 69.7 Å². The Kier molecular flexibility index (Phi) is 8.59. The third-order valence-electron chi connectivity index (χ3n) is 7.38. The Morgan fingerprint density at radius 2 is 1.84 bits per heavy atom. The highest BCUT2D eigenvalue weighted by molar-refractivity contribution is 6.35. The van der Waals surface area contributed by atoms with Gasteiger partial charge in [-0.2, -0.15) is 18.3 Å². The van der Waals surface area contributed by atoms with Crippen molar-refractivity contribution in [1.29, 1.82) is 0 Å². The van der Waals surface area contributed by atoms with Crippen LogP contribution < -0.4 is 0 Å². The number of ether oxygens (including phenoxy) is 1. The summed E-state index contributed by atoms with van der Waals surface area (Å²) in [6, 6.07) is -0.651. The summed E-state index contributed by atoms with van der Waals surface area (Å²) < 4.78 is 49.8. The molecule has 208 valence electrons. The van der Waals surface area contributed by atoms with Crippen molar-refractivity contribution in [3.63, 3.8) is 0 Å². The average Bonchev–Trinajstić information content (AvgIpc) is 3.49. The van der Waals surface area contributed by atoms with Gasteiger partial charge in [0.1, 0.15) is 0 Å². The topological polar surface area (TPSA) is 97.6 Å². The molecule has 0 spiro atoms. The molecule has 8 nitrogen and oxygen atoms in total. The molecule has 2 aromatic heterocycles. The molecule has 0 radical (unpaired) electrons. The second kappa shape index (κ2) is 11.4. The summed E-state index contributed by atoms with van der Waals surface area (Å²) in [5.74, 6) is -2.36. The van der Waals surface area contributed by atoms with E-state index in [4.69, 9.17) is 27.9 Å². The van der Waals surface area contributed by atoms with E-state index in [1.54, 1.807) is 0 Å². The summed E-state index contributed by atoms with van der Waals surface area (Å²) in [4.78, 5) is 30.3. The molecule has 1 N–H and O–H groups in total. The third-order valence-corrected chi connectivity index (χ3v) is 8.03. The van der Waals surface area contributed by atoms with Gasteiger partial charge in [0.25, 0.3) is 5.91 Å². The molecule has 0 bridgehead atoms. The maximum absolute atomic E-state index is 14.4. The zero-order valence-corrected chi connectivity index (χ0v) is 22.3. The van der Waals surface area contributed by atoms with E-state index in [0.717, 1.165) is 17.3 Å². The molecule has 1 amide bonds. The van der Waals surface area contributed by atoms with E-state index < -0.39 is 46.9 Å². The number of aliphatic carboxylic acids is 1. The van der Waals surface area contributed by atoms with Crippen molar-refractivity contribution < 1.29 is 32.6 Å². The molecule has 1 atom stereocenters. The van der Waals surface area contributed by atoms with E-state index >= 15 is 0 Å². The Morgan fingerprint density at radius 3 is 2.39 bits per heavy atom. The lowest BCUT2D eigenvalue weighted by Gasteiger charge is -2.32. The van der Waals surface area contributed by atoms with Gasteiger partial charge in [-0.15, -0.1) is 0 Å². The number of alkyl halides is 3. The van der Waals surface area contributed by atoms with Gasteiger partial charge in [0, 0.05) is 32.1 Å². The number of carboxylic acids is 1. The van der Waals surface area contributed by atoms with Gasteiger partial charge in [0.2, 0.25) is 0 Å². The summed E-state index contributed by atoms with van der Waals surface area (Å²) in [6.07, 6.45) is 1.55. The summed E-state index contributed by atoms with van der Waals surface area (Å²) >= 11 is 12.5. The third kappa shape index (κ3) is 6.26. The largest absolute Gasteiger partial charge is 0.481 e. The molecule has 13 heteroatoms. The fourth-order valence-corrected chi connectivity index (χ4v) is 5.91. The highest BCUT2D eigenvalue weighted by Gasteiger charge is 2.44. The molecule has 1 saturated heterocycles. The fourth-order valence-electron chi connectivity index (χ4n) is 5.36. The van der Waals surface area contributed by atoms with Gasteiger partial charge < -0.3 is 14.7 Å². The Balaban J connectivity index is 1.64. The van der Waals surface area contributed by atoms with Crippen LogP contribution in [-0.2, 0) is 22.1 Å². The van der Waals surface area contributed by atoms with Gasteiger partial charge in [-0.05, 0) is 57.4 Å². The number of carbonyl (C=O) groups is 2. The lowest BCUT2D eigenvalue weighted by atomic mass is 9.86. The molecule has 1 saturated carbocycles. The highest BCUT2D eigenvalue weighted by atomic mass is 35.5. The molecule has 3 heterocycles. The van der Waals surface area contributed by atoms with Crippen LogP contribution in [-0.4, -0.2) is 61.9 Å². The zero-order chi connectivity index (χ0) is 27.7. The monoisotopic (exact) mass is 576 g/mol. The molecule has 4 rings (SSSR count). The molecule has 0 aromatic carbocycles. The Morgan fingerprint density at radius 1 is 1.18 bits per heavy atom. The van der Waals surface area contributed by atoms with Gasteiger partial charge in [0.15, 0.2) is 5.69 Å². The second-order valence-corrected chi connectivity index (χ2v) is 11.0. The highest BCUT2D eigenvalue weighted by Crippen LogP contribution is 2.39. The maximum Gasteiger partial charge on any atom is 0.433 e. The summed E-state index contributed by atoms with van der Waals surface area (Å²) in [7, 11) is 0. The summed E-state index contributed by atoms with van der Waals surface area (Å²) in [6.45, 7) is 2.47. The number of rotatable bonds is 8. The van der Waals surface area contributed by atoms with E-state index in [-0.39, 0.29) is 45.2 Å². The first-order chi connectivity index (χ1) is 17.9. The lowest BCUT2D eigenvalue weighted by molar-refractivity contribution is -0.147. The van der Waals surface area contributed by atoms with Crippen LogP contribution in [0.15, 0.2) is 18.6 Å². The van der Waals surface area contributed by atoms with Crippen molar-refractivity contribution in [3.8, 4) is 0 Å². The number of hydrogen-bond acceptors (Lipinski definition) is 5. The maximum atomic E-state index is 14.4. The predicted octanol–water partition coefficient (Wildman–Crippen LogP) is 5.67. The minimum Gasteiger partial charge on any atom is -0.481 e. The van der Waals surface area contributed by atoms with Crippen LogP contribution in [0.25, 0.3) is 0 Å². The van der Waals surface area contributed by atoms with Crippen LogP contribution in [0, 0.1) is 5.92 Å². The summed E-state index contributed by atoms with van der Waals surface area (Å²) in [5, 5.41) is 13.8. The quantitative estimate of drug-likeness (QED) is 0.434. The molecule has 38 heavy (non-hydrogen) atoms. The minimum absolute atomic E-state index is 0.0490. The SMILES string of the molecule is C[C@@]1(CN(CCc2c(Cl)cncc2Cl)C(=O)c2cnn(C3CCC(C(=O)O)CC3)c2C(F)(F)F)CCCO1. The van der Waals surface area contributed by atoms with E-state index in [2.05, 4.69) is 10.1 Å². The molecule has 1 aliphatic heterocycles. The first kappa shape index (κ1) is 28.6. The van der Waals surface area contributed by atoms with Crippen molar-refractivity contribution >= 4 is 35.1 Å². The Bertz CT molecular complexity index is 1160. The molecule has 2 aliphatic rings. The Labute approximate surface area is 228 Å². The lowest BCUT2D eigenvalue weighted by Crippen LogP contribution is -2.45. The van der Waals surface area contributed by atoms with Crippen LogP contribution in [0.4, 0.5) is 13.2 Å². The van der Waals surface area contributed by atoms with Crippen molar-refractivity contribution in [3.05, 3.63) is 45.5 Å². The number of pyridine rings is 1. The summed E-state index contributed by atoms with van der Waals surface area (Å²) in [5.41, 5.74) is -1.83. The number of amides is 1. The first-order valence-corrected chi connectivity index (χ1v) is 13.2. The smallest absolute Gasteiger partial charge is 0.433 e. The number of aromatic nitrogens is 3. The normalized spacial score (nSPS) is 23.9. The van der Waals surface area contributed by atoms with Crippen LogP contribution in [0.1, 0.15) is 73.1 Å². The van der Waals surface area contributed by atoms with E-state index in [1.165, 1.54) is 17.3 Å². The molecular weight excluding hydrogens is 548 g/mol. The first-order valence-electron chi connectivity index (χ1n) is 12.5. The molecule has 2 fully saturated rings. The Hall–Kier alpha value is -2.37. The molecule has 0 unspecified atom stereocenters. The zero-order valence-electron chi connectivity index (χ0n) is 20.8. The molecular formula is C25H29Cl2F3N4O4. The van der Waals surface area contributed by atoms with E-state index in [1.807, 2.05) is 6.92 Å². The molecule has 1 aliphatic carbocycles. The van der Waals surface area contributed by atoms with Gasteiger partial charge in [0.05, 0.1) is 39.4 Å². The molecule has 2 aromatic rings. The second-order valence-electron chi connectivity index (χ2n) is 10.2. The van der Waals surface area contributed by atoms with Gasteiger partial charge in [-0.3, -0.25) is 19.3 Å². The fraction of sp³-hybridized carbons (Fsp3) is 0.600. The van der Waals surface area contributed by atoms with Gasteiger partial charge >= 0.3 is 12.1 Å². The minimum atomic E-state index is -4.84. The number of halogens is 5. The van der Waals surface area contributed by atoms with Crippen LogP contribution >= 0.6 is 23.2 Å². The van der Waals surface area contributed by atoms with Crippen LogP contribution in [0.2, 0.25) is 10.0 Å². The van der Waals surface area contributed by atoms with Gasteiger partial charge in [-0.1, -0.05) is 23.2 Å². The number of carboxylic acid groups (broad SMARTS) is 1. The van der Waals surface area contributed by atoms with Crippen LogP contribution in [0.3, 0.4) is 0 Å². The van der Waals surface area contributed by atoms with E-state index in [9.17, 15) is 27.9 Å². The van der Waals surface area contributed by atoms with Crippen molar-refractivity contribution in [1.82, 2.24) is 19.7 Å². The van der Waals surface area contributed by atoms with Crippen LogP contribution in [0.5, 0.6) is 0 Å². The standard InChI is InChI=1S/C25H29Cl2F3N4O4/c1-24(8-2-10-38-24)14-33(9-7-17-19(26)12-31-13-20(17)27)22(35)18-11-32-34(21(18)25(28,29)30)16-5-3-15(4-6-16)23(36)37/h11-13,15-16H,2-10,14H2,1H3,(H,36,37)/t15?,16?,24-/m0/s1. The average molecular weight is 577 g/mol. The van der Waals surface area contributed by atoms with E-state index in [0.29, 0.717) is 28.6 Å². The predicted molar refractivity (Wildman–Crippen MR) is 133 cm³/mol.